The average molecular weight is 519 g/mol. The van der Waals surface area contributed by atoms with Crippen LogP contribution in [0, 0.1) is 0 Å². The Balaban J connectivity index is 0.00000420. The van der Waals surface area contributed by atoms with Crippen molar-refractivity contribution >= 4 is 36.0 Å². The van der Waals surface area contributed by atoms with E-state index in [4.69, 9.17) is 9.47 Å². The normalized spacial score (nSPS) is 19.5. The predicted molar refractivity (Wildman–Crippen MR) is 125 cm³/mol. The van der Waals surface area contributed by atoms with Crippen molar-refractivity contribution in [1.82, 2.24) is 20.9 Å². The van der Waals surface area contributed by atoms with Gasteiger partial charge in [-0.1, -0.05) is 0 Å². The molecule has 1 aromatic rings. The highest BCUT2D eigenvalue weighted by Crippen LogP contribution is 2.19. The molecule has 1 aromatic heterocycles. The maximum atomic E-state index is 11.9. The van der Waals surface area contributed by atoms with Crippen LogP contribution in [0.2, 0.25) is 0 Å². The van der Waals surface area contributed by atoms with Crippen LogP contribution < -0.4 is 20.7 Å². The van der Waals surface area contributed by atoms with Gasteiger partial charge in [0, 0.05) is 25.3 Å². The molecular formula is C20H34IN5O3. The van der Waals surface area contributed by atoms with E-state index in [-0.39, 0.29) is 36.1 Å². The van der Waals surface area contributed by atoms with E-state index in [2.05, 4.69) is 25.9 Å². The number of rotatable bonds is 6. The Morgan fingerprint density at radius 1 is 1.21 bits per heavy atom. The Kier molecular flexibility index (Phi) is 11.1. The summed E-state index contributed by atoms with van der Waals surface area (Å²) < 4.78 is 10.9. The molecule has 0 aromatic carbocycles. The minimum absolute atomic E-state index is 0. The number of alkyl carbamates (subject to hydrolysis) is 1. The number of hydrogen-bond donors (Lipinski definition) is 3. The molecule has 164 valence electrons. The Morgan fingerprint density at radius 3 is 2.41 bits per heavy atom. The number of amides is 1. The van der Waals surface area contributed by atoms with Crippen LogP contribution in [0.25, 0.3) is 0 Å². The summed E-state index contributed by atoms with van der Waals surface area (Å²) in [5.74, 6) is 1.52. The molecule has 9 heteroatoms. The number of aliphatic imine (C=N–C) groups is 1. The lowest BCUT2D eigenvalue weighted by Crippen LogP contribution is -2.48. The largest absolute Gasteiger partial charge is 0.490 e. The van der Waals surface area contributed by atoms with Gasteiger partial charge in [-0.05, 0) is 58.6 Å². The number of halogens is 1. The van der Waals surface area contributed by atoms with E-state index < -0.39 is 5.60 Å². The Hall–Kier alpha value is -1.78. The third-order valence-electron chi connectivity index (χ3n) is 4.31. The number of nitrogens with zero attached hydrogens (tertiary/aromatic N) is 2. The number of nitrogens with one attached hydrogen (secondary N) is 3. The summed E-state index contributed by atoms with van der Waals surface area (Å²) in [4.78, 5) is 20.2. The minimum Gasteiger partial charge on any atom is -0.490 e. The van der Waals surface area contributed by atoms with Gasteiger partial charge in [0.1, 0.15) is 18.0 Å². The average Bonchev–Trinajstić information content (AvgIpc) is 2.65. The van der Waals surface area contributed by atoms with E-state index in [1.165, 1.54) is 0 Å². The summed E-state index contributed by atoms with van der Waals surface area (Å²) in [5, 5.41) is 9.67. The molecule has 2 rings (SSSR count). The number of carbonyl (C=O) groups excluding carboxylic acids is 1. The van der Waals surface area contributed by atoms with Gasteiger partial charge in [-0.25, -0.2) is 4.79 Å². The third kappa shape index (κ3) is 10.5. The molecule has 0 aliphatic heterocycles. The molecular weight excluding hydrogens is 485 g/mol. The van der Waals surface area contributed by atoms with Crippen LogP contribution in [0.15, 0.2) is 29.5 Å². The van der Waals surface area contributed by atoms with Crippen molar-refractivity contribution in [2.75, 3.05) is 20.2 Å². The first-order chi connectivity index (χ1) is 13.4. The van der Waals surface area contributed by atoms with Crippen molar-refractivity contribution in [3.63, 3.8) is 0 Å². The van der Waals surface area contributed by atoms with Crippen molar-refractivity contribution < 1.29 is 14.3 Å². The zero-order chi connectivity index (χ0) is 20.4. The molecule has 0 atom stereocenters. The number of guanidine groups is 1. The monoisotopic (exact) mass is 519 g/mol. The molecule has 8 nitrogen and oxygen atoms in total. The fraction of sp³-hybridized carbons (Fsp3) is 0.650. The first-order valence-corrected chi connectivity index (χ1v) is 9.85. The molecule has 0 saturated heterocycles. The van der Waals surface area contributed by atoms with E-state index in [0.29, 0.717) is 19.2 Å². The second kappa shape index (κ2) is 12.7. The van der Waals surface area contributed by atoms with Crippen LogP contribution in [-0.4, -0.2) is 54.9 Å². The van der Waals surface area contributed by atoms with Gasteiger partial charge in [0.25, 0.3) is 0 Å². The fourth-order valence-electron chi connectivity index (χ4n) is 3.02. The smallest absolute Gasteiger partial charge is 0.407 e. The van der Waals surface area contributed by atoms with E-state index in [9.17, 15) is 4.79 Å². The number of carbonyl (C=O) groups is 1. The molecule has 1 heterocycles. The maximum absolute atomic E-state index is 11.9. The molecule has 0 spiro atoms. The van der Waals surface area contributed by atoms with Crippen molar-refractivity contribution in [3.8, 4) is 5.75 Å². The van der Waals surface area contributed by atoms with Gasteiger partial charge in [-0.15, -0.1) is 24.0 Å². The van der Waals surface area contributed by atoms with E-state index in [1.807, 2.05) is 32.9 Å². The van der Waals surface area contributed by atoms with Crippen molar-refractivity contribution in [2.45, 2.75) is 64.1 Å². The minimum atomic E-state index is -0.470. The first-order valence-electron chi connectivity index (χ1n) is 9.85. The quantitative estimate of drug-likeness (QED) is 0.232. The standard InChI is InChI=1S/C20H33N5O3.HI/c1-20(2,3)28-19(26)25-16-9-7-15(8-10-16)24-18(21-4)23-12-13-27-17-6-5-11-22-14-17;/h5-6,11,14-16H,7-10,12-13H2,1-4H3,(H,25,26)(H2,21,23,24);1H. The van der Waals surface area contributed by atoms with Crippen LogP contribution >= 0.6 is 24.0 Å². The van der Waals surface area contributed by atoms with E-state index in [0.717, 1.165) is 37.4 Å². The zero-order valence-corrected chi connectivity index (χ0v) is 20.1. The molecule has 29 heavy (non-hydrogen) atoms. The maximum Gasteiger partial charge on any atom is 0.407 e. The van der Waals surface area contributed by atoms with Gasteiger partial charge in [0.15, 0.2) is 5.96 Å². The van der Waals surface area contributed by atoms with Gasteiger partial charge in [-0.3, -0.25) is 9.98 Å². The molecule has 1 saturated carbocycles. The number of hydrogen-bond acceptors (Lipinski definition) is 5. The lowest BCUT2D eigenvalue weighted by atomic mass is 9.91. The molecule has 3 N–H and O–H groups in total. The summed E-state index contributed by atoms with van der Waals surface area (Å²) in [6.07, 6.45) is 6.83. The van der Waals surface area contributed by atoms with Gasteiger partial charge >= 0.3 is 6.09 Å². The van der Waals surface area contributed by atoms with Gasteiger partial charge in [-0.2, -0.15) is 0 Å². The topological polar surface area (TPSA) is 96.9 Å². The third-order valence-corrected chi connectivity index (χ3v) is 4.31. The van der Waals surface area contributed by atoms with Crippen LogP contribution in [0.5, 0.6) is 5.75 Å². The Labute approximate surface area is 190 Å². The first kappa shape index (κ1) is 25.3. The fourth-order valence-corrected chi connectivity index (χ4v) is 3.02. The summed E-state index contributed by atoms with van der Waals surface area (Å²) in [6.45, 7) is 6.78. The second-order valence-corrected chi connectivity index (χ2v) is 7.88. The molecule has 1 aliphatic rings. The lowest BCUT2D eigenvalue weighted by molar-refractivity contribution is 0.0490. The number of aromatic nitrogens is 1. The molecule has 1 fully saturated rings. The summed E-state index contributed by atoms with van der Waals surface area (Å²) in [7, 11) is 1.76. The molecule has 0 bridgehead atoms. The summed E-state index contributed by atoms with van der Waals surface area (Å²) in [6, 6.07) is 4.22. The van der Waals surface area contributed by atoms with Crippen LogP contribution in [0.4, 0.5) is 4.79 Å². The summed E-state index contributed by atoms with van der Waals surface area (Å²) in [5.41, 5.74) is -0.470. The predicted octanol–water partition coefficient (Wildman–Crippen LogP) is 3.08. The zero-order valence-electron chi connectivity index (χ0n) is 17.7. The second-order valence-electron chi connectivity index (χ2n) is 7.88. The number of pyridine rings is 1. The van der Waals surface area contributed by atoms with E-state index >= 15 is 0 Å². The van der Waals surface area contributed by atoms with Gasteiger partial charge in [0.05, 0.1) is 12.7 Å². The Bertz CT molecular complexity index is 629. The van der Waals surface area contributed by atoms with Crippen LogP contribution in [0.3, 0.4) is 0 Å². The van der Waals surface area contributed by atoms with Crippen molar-refractivity contribution in [2.24, 2.45) is 4.99 Å². The molecule has 1 amide bonds. The Morgan fingerprint density at radius 2 is 1.86 bits per heavy atom. The van der Waals surface area contributed by atoms with Gasteiger partial charge < -0.3 is 25.4 Å². The SMILES string of the molecule is CN=C(NCCOc1cccnc1)NC1CCC(NC(=O)OC(C)(C)C)CC1.I. The van der Waals surface area contributed by atoms with Crippen molar-refractivity contribution in [1.29, 1.82) is 0 Å². The lowest BCUT2D eigenvalue weighted by Gasteiger charge is -2.31. The number of ether oxygens (including phenoxy) is 2. The van der Waals surface area contributed by atoms with E-state index in [1.54, 1.807) is 19.4 Å². The highest BCUT2D eigenvalue weighted by molar-refractivity contribution is 14.0. The summed E-state index contributed by atoms with van der Waals surface area (Å²) >= 11 is 0. The van der Waals surface area contributed by atoms with Gasteiger partial charge in [0.2, 0.25) is 0 Å². The highest BCUT2D eigenvalue weighted by atomic mass is 127. The highest BCUT2D eigenvalue weighted by Gasteiger charge is 2.25. The molecule has 0 radical (unpaired) electrons. The molecule has 0 unspecified atom stereocenters. The van der Waals surface area contributed by atoms with Crippen molar-refractivity contribution in [3.05, 3.63) is 24.5 Å². The molecule has 1 aliphatic carbocycles. The van der Waals surface area contributed by atoms with Crippen LogP contribution in [0.1, 0.15) is 46.5 Å². The van der Waals surface area contributed by atoms with Crippen LogP contribution in [-0.2, 0) is 4.74 Å².